The number of methoxy groups -OCH3 is 1. The maximum atomic E-state index is 6.16. The molecule has 1 heterocycles. The second-order valence-electron chi connectivity index (χ2n) is 6.56. The summed E-state index contributed by atoms with van der Waals surface area (Å²) in [7, 11) is 1.69. The SMILES string of the molecule is C=CCc1ccc(OC[C@@H]2CNCC[C@H]2c2ccccc2)c(OC)c1. The van der Waals surface area contributed by atoms with Crippen LogP contribution in [0.4, 0.5) is 0 Å². The second-order valence-corrected chi connectivity index (χ2v) is 6.56. The number of ether oxygens (including phenoxy) is 2. The summed E-state index contributed by atoms with van der Waals surface area (Å²) in [5, 5.41) is 3.50. The Labute approximate surface area is 150 Å². The number of rotatable bonds is 7. The number of allylic oxidation sites excluding steroid dienone is 1. The molecule has 3 heteroatoms. The summed E-state index contributed by atoms with van der Waals surface area (Å²) in [6.45, 7) is 6.52. The Kier molecular flexibility index (Phi) is 6.13. The lowest BCUT2D eigenvalue weighted by atomic mass is 9.81. The molecule has 132 valence electrons. The van der Waals surface area contributed by atoms with Crippen molar-refractivity contribution in [2.24, 2.45) is 5.92 Å². The van der Waals surface area contributed by atoms with Gasteiger partial charge in [-0.3, -0.25) is 0 Å². The van der Waals surface area contributed by atoms with E-state index in [2.05, 4.69) is 48.3 Å². The molecule has 1 saturated heterocycles. The molecule has 0 radical (unpaired) electrons. The topological polar surface area (TPSA) is 30.5 Å². The van der Waals surface area contributed by atoms with Crippen LogP contribution >= 0.6 is 0 Å². The second kappa shape index (κ2) is 8.72. The van der Waals surface area contributed by atoms with E-state index in [9.17, 15) is 0 Å². The fourth-order valence-corrected chi connectivity index (χ4v) is 3.56. The van der Waals surface area contributed by atoms with Crippen LogP contribution in [-0.2, 0) is 6.42 Å². The molecule has 1 fully saturated rings. The molecule has 3 rings (SSSR count). The van der Waals surface area contributed by atoms with E-state index >= 15 is 0 Å². The quantitative estimate of drug-likeness (QED) is 0.768. The Hall–Kier alpha value is -2.26. The number of nitrogens with one attached hydrogen (secondary N) is 1. The molecule has 0 aromatic heterocycles. The van der Waals surface area contributed by atoms with Crippen LogP contribution in [0.1, 0.15) is 23.5 Å². The standard InChI is InChI=1S/C22H27NO2/c1-3-7-17-10-11-21(22(14-17)24-2)25-16-19-15-23-13-12-20(19)18-8-5-4-6-9-18/h3-6,8-11,14,19-20,23H,1,7,12-13,15-16H2,2H3/t19-,20-/m0/s1. The van der Waals surface area contributed by atoms with Gasteiger partial charge in [-0.25, -0.2) is 0 Å². The van der Waals surface area contributed by atoms with Gasteiger partial charge in [0.25, 0.3) is 0 Å². The lowest BCUT2D eigenvalue weighted by Crippen LogP contribution is -2.38. The Morgan fingerprint density at radius 2 is 2.00 bits per heavy atom. The van der Waals surface area contributed by atoms with Crippen LogP contribution in [0.3, 0.4) is 0 Å². The van der Waals surface area contributed by atoms with E-state index in [-0.39, 0.29) is 0 Å². The van der Waals surface area contributed by atoms with Gasteiger partial charge < -0.3 is 14.8 Å². The number of hydrogen-bond acceptors (Lipinski definition) is 3. The zero-order valence-electron chi connectivity index (χ0n) is 14.9. The first-order valence-corrected chi connectivity index (χ1v) is 8.98. The van der Waals surface area contributed by atoms with Crippen LogP contribution in [0.5, 0.6) is 11.5 Å². The average Bonchev–Trinajstić information content (AvgIpc) is 2.68. The van der Waals surface area contributed by atoms with Gasteiger partial charge in [-0.2, -0.15) is 0 Å². The molecule has 3 nitrogen and oxygen atoms in total. The van der Waals surface area contributed by atoms with E-state index in [1.165, 1.54) is 11.1 Å². The Morgan fingerprint density at radius 1 is 1.16 bits per heavy atom. The molecule has 2 aromatic carbocycles. The molecule has 0 saturated carbocycles. The molecule has 2 atom stereocenters. The third-order valence-electron chi connectivity index (χ3n) is 4.90. The maximum absolute atomic E-state index is 6.16. The van der Waals surface area contributed by atoms with Crippen molar-refractivity contribution in [1.82, 2.24) is 5.32 Å². The van der Waals surface area contributed by atoms with Gasteiger partial charge in [0.05, 0.1) is 13.7 Å². The fraction of sp³-hybridized carbons (Fsp3) is 0.364. The molecule has 1 N–H and O–H groups in total. The minimum absolute atomic E-state index is 0.453. The first-order valence-electron chi connectivity index (χ1n) is 8.98. The van der Waals surface area contributed by atoms with E-state index in [0.29, 0.717) is 18.4 Å². The van der Waals surface area contributed by atoms with Crippen molar-refractivity contribution < 1.29 is 9.47 Å². The molecule has 0 unspecified atom stereocenters. The van der Waals surface area contributed by atoms with Gasteiger partial charge in [-0.15, -0.1) is 6.58 Å². The summed E-state index contributed by atoms with van der Waals surface area (Å²) in [5.41, 5.74) is 2.59. The zero-order valence-corrected chi connectivity index (χ0v) is 14.9. The van der Waals surface area contributed by atoms with Crippen molar-refractivity contribution in [3.8, 4) is 11.5 Å². The summed E-state index contributed by atoms with van der Waals surface area (Å²) >= 11 is 0. The van der Waals surface area contributed by atoms with Crippen LogP contribution < -0.4 is 14.8 Å². The van der Waals surface area contributed by atoms with Crippen LogP contribution in [0.25, 0.3) is 0 Å². The third-order valence-corrected chi connectivity index (χ3v) is 4.90. The van der Waals surface area contributed by atoms with Crippen molar-refractivity contribution in [2.75, 3.05) is 26.8 Å². The zero-order chi connectivity index (χ0) is 17.5. The van der Waals surface area contributed by atoms with Gasteiger partial charge in [-0.05, 0) is 48.6 Å². The van der Waals surface area contributed by atoms with E-state index < -0.39 is 0 Å². The highest BCUT2D eigenvalue weighted by molar-refractivity contribution is 5.43. The summed E-state index contributed by atoms with van der Waals surface area (Å²) in [6, 6.07) is 16.9. The Balaban J connectivity index is 1.70. The lowest BCUT2D eigenvalue weighted by Gasteiger charge is -2.32. The van der Waals surface area contributed by atoms with Crippen LogP contribution in [0.15, 0.2) is 61.2 Å². The Bertz CT molecular complexity index is 684. The summed E-state index contributed by atoms with van der Waals surface area (Å²) in [4.78, 5) is 0. The van der Waals surface area contributed by atoms with Gasteiger partial charge >= 0.3 is 0 Å². The first kappa shape index (κ1) is 17.6. The van der Waals surface area contributed by atoms with Crippen molar-refractivity contribution in [1.29, 1.82) is 0 Å². The smallest absolute Gasteiger partial charge is 0.161 e. The Morgan fingerprint density at radius 3 is 2.76 bits per heavy atom. The lowest BCUT2D eigenvalue weighted by molar-refractivity contribution is 0.191. The van der Waals surface area contributed by atoms with Crippen molar-refractivity contribution in [3.05, 3.63) is 72.3 Å². The van der Waals surface area contributed by atoms with E-state index in [1.54, 1.807) is 7.11 Å². The molecule has 0 bridgehead atoms. The molecule has 1 aliphatic rings. The summed E-state index contributed by atoms with van der Waals surface area (Å²) in [6.07, 6.45) is 3.88. The van der Waals surface area contributed by atoms with Crippen LogP contribution in [0, 0.1) is 5.92 Å². The van der Waals surface area contributed by atoms with Crippen molar-refractivity contribution in [3.63, 3.8) is 0 Å². The molecule has 1 aliphatic heterocycles. The van der Waals surface area contributed by atoms with Crippen molar-refractivity contribution in [2.45, 2.75) is 18.8 Å². The van der Waals surface area contributed by atoms with Gasteiger partial charge in [0, 0.05) is 12.5 Å². The first-order chi connectivity index (χ1) is 12.3. The van der Waals surface area contributed by atoms with Gasteiger partial charge in [0.15, 0.2) is 11.5 Å². The van der Waals surface area contributed by atoms with Crippen molar-refractivity contribution >= 4 is 0 Å². The minimum atomic E-state index is 0.453. The van der Waals surface area contributed by atoms with Gasteiger partial charge in [0.1, 0.15) is 0 Å². The average molecular weight is 337 g/mol. The summed E-state index contributed by atoms with van der Waals surface area (Å²) in [5.74, 6) is 2.59. The van der Waals surface area contributed by atoms with Crippen LogP contribution in [0.2, 0.25) is 0 Å². The van der Waals surface area contributed by atoms with E-state index in [1.807, 2.05) is 18.2 Å². The molecule has 0 amide bonds. The molecular formula is C22H27NO2. The fourth-order valence-electron chi connectivity index (χ4n) is 3.56. The van der Waals surface area contributed by atoms with E-state index in [0.717, 1.165) is 37.4 Å². The number of benzene rings is 2. The monoisotopic (exact) mass is 337 g/mol. The van der Waals surface area contributed by atoms with E-state index in [4.69, 9.17) is 9.47 Å². The van der Waals surface area contributed by atoms with Gasteiger partial charge in [-0.1, -0.05) is 42.5 Å². The summed E-state index contributed by atoms with van der Waals surface area (Å²) < 4.78 is 11.7. The number of hydrogen-bond donors (Lipinski definition) is 1. The third kappa shape index (κ3) is 4.43. The predicted molar refractivity (Wildman–Crippen MR) is 103 cm³/mol. The molecular weight excluding hydrogens is 310 g/mol. The molecule has 0 aliphatic carbocycles. The molecule has 25 heavy (non-hydrogen) atoms. The maximum Gasteiger partial charge on any atom is 0.161 e. The minimum Gasteiger partial charge on any atom is -0.493 e. The highest BCUT2D eigenvalue weighted by Gasteiger charge is 2.27. The highest BCUT2D eigenvalue weighted by Crippen LogP contribution is 2.33. The highest BCUT2D eigenvalue weighted by atomic mass is 16.5. The number of piperidine rings is 1. The molecule has 2 aromatic rings. The predicted octanol–water partition coefficient (Wildman–Crippen LogP) is 4.20. The largest absolute Gasteiger partial charge is 0.493 e. The normalized spacial score (nSPS) is 20.0. The van der Waals surface area contributed by atoms with Gasteiger partial charge in [0.2, 0.25) is 0 Å². The molecule has 0 spiro atoms. The van der Waals surface area contributed by atoms with Crippen LogP contribution in [-0.4, -0.2) is 26.8 Å².